The van der Waals surface area contributed by atoms with E-state index in [1.54, 1.807) is 6.08 Å². The number of rotatable bonds is 1. The highest BCUT2D eigenvalue weighted by Crippen LogP contribution is 2.44. The zero-order chi connectivity index (χ0) is 9.68. The molecule has 3 atom stereocenters. The van der Waals surface area contributed by atoms with Gasteiger partial charge in [0.1, 0.15) is 0 Å². The van der Waals surface area contributed by atoms with Gasteiger partial charge in [-0.3, -0.25) is 0 Å². The summed E-state index contributed by atoms with van der Waals surface area (Å²) in [5, 5.41) is 0. The zero-order valence-electron chi connectivity index (χ0n) is 8.58. The smallest absolute Gasteiger partial charge is 0.0196 e. The van der Waals surface area contributed by atoms with E-state index in [4.69, 9.17) is 0 Å². The Bertz CT molecular complexity index is 200. The summed E-state index contributed by atoms with van der Waals surface area (Å²) < 4.78 is 0. The van der Waals surface area contributed by atoms with Crippen LogP contribution in [0.25, 0.3) is 0 Å². The monoisotopic (exact) mass is 176 g/mol. The lowest BCUT2D eigenvalue weighted by molar-refractivity contribution is 0.428. The number of fused-ring (bicyclic) bond motifs is 1. The van der Waals surface area contributed by atoms with E-state index in [0.717, 1.165) is 17.8 Å². The summed E-state index contributed by atoms with van der Waals surface area (Å²) in [6.07, 6.45) is 12.7. The molecular weight excluding hydrogens is 156 g/mol. The van der Waals surface area contributed by atoms with Crippen LogP contribution >= 0.6 is 0 Å². The lowest BCUT2D eigenvalue weighted by Crippen LogP contribution is -2.06. The van der Waals surface area contributed by atoms with Crippen LogP contribution in [0.15, 0.2) is 37.5 Å². The molecular formula is C13H20. The molecule has 2 aliphatic carbocycles. The minimum Gasteiger partial charge on any atom is -0.103 e. The van der Waals surface area contributed by atoms with E-state index in [0.29, 0.717) is 0 Å². The Hall–Kier alpha value is -0.780. The maximum atomic E-state index is 3.88. The molecule has 0 radical (unpaired) electrons. The third-order valence-corrected chi connectivity index (χ3v) is 3.03. The van der Waals surface area contributed by atoms with E-state index in [-0.39, 0.29) is 0 Å². The van der Waals surface area contributed by atoms with Crippen molar-refractivity contribution in [3.05, 3.63) is 37.5 Å². The number of hydrogen-bond acceptors (Lipinski definition) is 0. The second kappa shape index (κ2) is 5.06. The van der Waals surface area contributed by atoms with Crippen LogP contribution in [-0.4, -0.2) is 0 Å². The summed E-state index contributed by atoms with van der Waals surface area (Å²) in [6, 6.07) is 0. The van der Waals surface area contributed by atoms with Crippen molar-refractivity contribution in [2.45, 2.75) is 26.2 Å². The molecule has 72 valence electrons. The first-order valence-corrected chi connectivity index (χ1v) is 5.19. The highest BCUT2D eigenvalue weighted by Gasteiger charge is 2.34. The first kappa shape index (κ1) is 10.3. The highest BCUT2D eigenvalue weighted by atomic mass is 14.4. The van der Waals surface area contributed by atoms with Crippen molar-refractivity contribution in [3.63, 3.8) is 0 Å². The van der Waals surface area contributed by atoms with Crippen LogP contribution in [0.5, 0.6) is 0 Å². The van der Waals surface area contributed by atoms with Gasteiger partial charge in [-0.05, 0) is 43.9 Å². The molecule has 1 saturated carbocycles. The van der Waals surface area contributed by atoms with Gasteiger partial charge in [0, 0.05) is 0 Å². The predicted molar refractivity (Wildman–Crippen MR) is 59.5 cm³/mol. The second-order valence-electron chi connectivity index (χ2n) is 3.88. The van der Waals surface area contributed by atoms with Crippen molar-refractivity contribution in [2.75, 3.05) is 0 Å². The van der Waals surface area contributed by atoms with Gasteiger partial charge in [-0.2, -0.15) is 0 Å². The van der Waals surface area contributed by atoms with Gasteiger partial charge in [0.2, 0.25) is 0 Å². The minimum absolute atomic E-state index is 0.819. The summed E-state index contributed by atoms with van der Waals surface area (Å²) in [6.45, 7) is 9.13. The molecule has 0 heterocycles. The van der Waals surface area contributed by atoms with E-state index >= 15 is 0 Å². The van der Waals surface area contributed by atoms with Crippen molar-refractivity contribution in [1.82, 2.24) is 0 Å². The summed E-state index contributed by atoms with van der Waals surface area (Å²) in [5.41, 5.74) is 0. The molecule has 0 aromatic rings. The maximum Gasteiger partial charge on any atom is -0.0196 e. The summed E-state index contributed by atoms with van der Waals surface area (Å²) in [4.78, 5) is 0. The van der Waals surface area contributed by atoms with Gasteiger partial charge >= 0.3 is 0 Å². The van der Waals surface area contributed by atoms with Gasteiger partial charge in [-0.25, -0.2) is 0 Å². The lowest BCUT2D eigenvalue weighted by atomic mass is 9.92. The van der Waals surface area contributed by atoms with Gasteiger partial charge in [0.25, 0.3) is 0 Å². The molecule has 2 aliphatic rings. The molecule has 1 fully saturated rings. The fourth-order valence-electron chi connectivity index (χ4n) is 2.42. The molecule has 0 aromatic heterocycles. The third-order valence-electron chi connectivity index (χ3n) is 3.03. The molecule has 13 heavy (non-hydrogen) atoms. The summed E-state index contributed by atoms with van der Waals surface area (Å²) in [7, 11) is 0. The molecule has 0 aromatic carbocycles. The molecule has 0 amide bonds. The van der Waals surface area contributed by atoms with Gasteiger partial charge in [-0.15, -0.1) is 13.2 Å². The largest absolute Gasteiger partial charge is 0.103 e. The maximum absolute atomic E-state index is 3.88. The van der Waals surface area contributed by atoms with Gasteiger partial charge < -0.3 is 0 Å². The molecule has 0 spiro atoms. The number of hydrogen-bond donors (Lipinski definition) is 0. The SMILES string of the molecule is C=CC.C=CC1CCC2C=CCC12. The average molecular weight is 176 g/mol. The zero-order valence-corrected chi connectivity index (χ0v) is 8.58. The summed E-state index contributed by atoms with van der Waals surface area (Å²) >= 11 is 0. The van der Waals surface area contributed by atoms with E-state index in [2.05, 4.69) is 31.4 Å². The van der Waals surface area contributed by atoms with Crippen molar-refractivity contribution >= 4 is 0 Å². The molecule has 0 nitrogen and oxygen atoms in total. The van der Waals surface area contributed by atoms with Crippen molar-refractivity contribution < 1.29 is 0 Å². The van der Waals surface area contributed by atoms with Crippen LogP contribution in [0, 0.1) is 17.8 Å². The molecule has 0 N–H and O–H groups in total. The third kappa shape index (κ3) is 2.33. The Morgan fingerprint density at radius 1 is 1.31 bits per heavy atom. The van der Waals surface area contributed by atoms with Gasteiger partial charge in [0.15, 0.2) is 0 Å². The molecule has 0 heteroatoms. The molecule has 0 bridgehead atoms. The summed E-state index contributed by atoms with van der Waals surface area (Å²) in [5.74, 6) is 2.65. The van der Waals surface area contributed by atoms with E-state index in [1.807, 2.05) is 6.92 Å². The fourth-order valence-corrected chi connectivity index (χ4v) is 2.42. The van der Waals surface area contributed by atoms with E-state index in [1.165, 1.54) is 19.3 Å². The van der Waals surface area contributed by atoms with Crippen LogP contribution in [0.1, 0.15) is 26.2 Å². The minimum atomic E-state index is 0.819. The number of allylic oxidation sites excluding steroid dienone is 4. The highest BCUT2D eigenvalue weighted by molar-refractivity contribution is 5.09. The molecule has 0 saturated heterocycles. The fraction of sp³-hybridized carbons (Fsp3) is 0.538. The lowest BCUT2D eigenvalue weighted by Gasteiger charge is -2.13. The standard InChI is InChI=1S/C10H14.C3H6/c1-2-8-6-7-9-4-3-5-10(8)9;1-3-2/h2-4,8-10H,1,5-7H2;3H,1H2,2H3. The Kier molecular flexibility index (Phi) is 4.01. The Labute approximate surface area is 82.0 Å². The molecule has 0 aliphatic heterocycles. The van der Waals surface area contributed by atoms with E-state index in [9.17, 15) is 0 Å². The van der Waals surface area contributed by atoms with Crippen LogP contribution < -0.4 is 0 Å². The van der Waals surface area contributed by atoms with Gasteiger partial charge in [-0.1, -0.05) is 24.3 Å². The quantitative estimate of drug-likeness (QED) is 0.530. The Morgan fingerprint density at radius 3 is 2.62 bits per heavy atom. The Balaban J connectivity index is 0.000000251. The topological polar surface area (TPSA) is 0 Å². The molecule has 2 rings (SSSR count). The van der Waals surface area contributed by atoms with Crippen molar-refractivity contribution in [1.29, 1.82) is 0 Å². The van der Waals surface area contributed by atoms with Crippen LogP contribution in [-0.2, 0) is 0 Å². The predicted octanol–water partition coefficient (Wildman–Crippen LogP) is 3.97. The Morgan fingerprint density at radius 2 is 2.00 bits per heavy atom. The average Bonchev–Trinajstić information content (AvgIpc) is 2.64. The first-order chi connectivity index (χ1) is 6.33. The molecule has 3 unspecified atom stereocenters. The van der Waals surface area contributed by atoms with Crippen LogP contribution in [0.2, 0.25) is 0 Å². The van der Waals surface area contributed by atoms with Crippen LogP contribution in [0.4, 0.5) is 0 Å². The van der Waals surface area contributed by atoms with E-state index < -0.39 is 0 Å². The van der Waals surface area contributed by atoms with Crippen molar-refractivity contribution in [2.24, 2.45) is 17.8 Å². The van der Waals surface area contributed by atoms with Crippen molar-refractivity contribution in [3.8, 4) is 0 Å². The first-order valence-electron chi connectivity index (χ1n) is 5.19. The van der Waals surface area contributed by atoms with Gasteiger partial charge in [0.05, 0.1) is 0 Å². The normalized spacial score (nSPS) is 34.7. The second-order valence-corrected chi connectivity index (χ2v) is 3.88. The van der Waals surface area contributed by atoms with Crippen LogP contribution in [0.3, 0.4) is 0 Å².